The molecule has 0 unspecified atom stereocenters. The van der Waals surface area contributed by atoms with Crippen molar-refractivity contribution >= 4 is 40.5 Å². The molecule has 0 saturated carbocycles. The van der Waals surface area contributed by atoms with E-state index in [1.165, 1.54) is 10.9 Å². The van der Waals surface area contributed by atoms with Gasteiger partial charge < -0.3 is 11.1 Å². The number of nitrogens with one attached hydrogen (secondary N) is 1. The molecule has 1 aromatic heterocycles. The summed E-state index contributed by atoms with van der Waals surface area (Å²) in [5, 5.41) is 7.40. The Balaban J connectivity index is 2.27. The summed E-state index contributed by atoms with van der Waals surface area (Å²) in [7, 11) is 1.63. The monoisotopic (exact) mass is 284 g/mol. The van der Waals surface area contributed by atoms with Crippen LogP contribution in [0.4, 0.5) is 11.4 Å². The van der Waals surface area contributed by atoms with Gasteiger partial charge in [0.1, 0.15) is 5.69 Å². The smallest absolute Gasteiger partial charge is 0.276 e. The van der Waals surface area contributed by atoms with Crippen molar-refractivity contribution in [1.29, 1.82) is 0 Å². The van der Waals surface area contributed by atoms with Gasteiger partial charge in [0.15, 0.2) is 0 Å². The fraction of sp³-hybridized carbons (Fsp3) is 0.0909. The van der Waals surface area contributed by atoms with E-state index < -0.39 is 0 Å². The Morgan fingerprint density at radius 1 is 1.44 bits per heavy atom. The Kier molecular flexibility index (Phi) is 3.45. The van der Waals surface area contributed by atoms with Gasteiger partial charge in [-0.25, -0.2) is 0 Å². The molecule has 2 rings (SSSR count). The molecule has 1 aromatic carbocycles. The first kappa shape index (κ1) is 12.7. The fourth-order valence-electron chi connectivity index (χ4n) is 1.50. The molecule has 0 aliphatic carbocycles. The standard InChI is InChI=1S/C11H10Cl2N4O/c1-17-10(8(14)5-15-17)11(18)16-9-3-2-6(12)4-7(9)13/h2-5H,14H2,1H3,(H,16,18). The van der Waals surface area contributed by atoms with Gasteiger partial charge in [-0.15, -0.1) is 0 Å². The molecule has 0 atom stereocenters. The maximum atomic E-state index is 12.0. The predicted octanol–water partition coefficient (Wildman–Crippen LogP) is 2.56. The SMILES string of the molecule is Cn1ncc(N)c1C(=O)Nc1ccc(Cl)cc1Cl. The first-order valence-electron chi connectivity index (χ1n) is 5.03. The first-order valence-corrected chi connectivity index (χ1v) is 5.78. The van der Waals surface area contributed by atoms with Gasteiger partial charge in [-0.05, 0) is 18.2 Å². The highest BCUT2D eigenvalue weighted by molar-refractivity contribution is 6.36. The summed E-state index contributed by atoms with van der Waals surface area (Å²) in [6.45, 7) is 0. The number of amides is 1. The number of halogens is 2. The Hall–Kier alpha value is -1.72. The third kappa shape index (κ3) is 2.42. The Morgan fingerprint density at radius 3 is 2.72 bits per heavy atom. The predicted molar refractivity (Wildman–Crippen MR) is 72.0 cm³/mol. The lowest BCUT2D eigenvalue weighted by Gasteiger charge is -2.08. The summed E-state index contributed by atoms with van der Waals surface area (Å²) in [6.07, 6.45) is 1.42. The van der Waals surface area contributed by atoms with Gasteiger partial charge in [0.05, 0.1) is 22.6 Å². The van der Waals surface area contributed by atoms with E-state index in [1.54, 1.807) is 25.2 Å². The number of carbonyl (C=O) groups excluding carboxylic acids is 1. The van der Waals surface area contributed by atoms with Gasteiger partial charge in [-0.2, -0.15) is 5.10 Å². The highest BCUT2D eigenvalue weighted by atomic mass is 35.5. The van der Waals surface area contributed by atoms with Crippen LogP contribution in [0, 0.1) is 0 Å². The van der Waals surface area contributed by atoms with E-state index in [1.807, 2.05) is 0 Å². The van der Waals surface area contributed by atoms with E-state index in [-0.39, 0.29) is 11.6 Å². The molecule has 1 amide bonds. The highest BCUT2D eigenvalue weighted by Crippen LogP contribution is 2.26. The molecule has 18 heavy (non-hydrogen) atoms. The highest BCUT2D eigenvalue weighted by Gasteiger charge is 2.16. The molecule has 7 heteroatoms. The third-order valence-electron chi connectivity index (χ3n) is 2.36. The molecule has 0 fully saturated rings. The Morgan fingerprint density at radius 2 is 2.17 bits per heavy atom. The number of aromatic nitrogens is 2. The number of rotatable bonds is 2. The maximum absolute atomic E-state index is 12.0. The molecule has 0 spiro atoms. The van der Waals surface area contributed by atoms with Crippen molar-refractivity contribution in [2.45, 2.75) is 0 Å². The molecule has 94 valence electrons. The number of anilines is 2. The van der Waals surface area contributed by atoms with E-state index in [2.05, 4.69) is 10.4 Å². The van der Waals surface area contributed by atoms with Gasteiger partial charge in [0, 0.05) is 12.1 Å². The van der Waals surface area contributed by atoms with E-state index in [4.69, 9.17) is 28.9 Å². The molecular formula is C11H10Cl2N4O. The van der Waals surface area contributed by atoms with Gasteiger partial charge >= 0.3 is 0 Å². The lowest BCUT2D eigenvalue weighted by atomic mass is 10.3. The van der Waals surface area contributed by atoms with Gasteiger partial charge in [-0.3, -0.25) is 9.48 Å². The van der Waals surface area contributed by atoms with E-state index in [0.29, 0.717) is 21.4 Å². The van der Waals surface area contributed by atoms with Crippen molar-refractivity contribution in [2.75, 3.05) is 11.1 Å². The molecule has 1 heterocycles. The first-order chi connectivity index (χ1) is 8.49. The zero-order valence-corrected chi connectivity index (χ0v) is 11.0. The van der Waals surface area contributed by atoms with Crippen molar-refractivity contribution in [1.82, 2.24) is 9.78 Å². The Bertz CT molecular complexity index is 590. The second-order valence-electron chi connectivity index (χ2n) is 3.65. The number of nitrogens with two attached hydrogens (primary N) is 1. The summed E-state index contributed by atoms with van der Waals surface area (Å²) in [4.78, 5) is 12.0. The molecule has 3 N–H and O–H groups in total. The second kappa shape index (κ2) is 4.88. The topological polar surface area (TPSA) is 72.9 Å². The zero-order valence-electron chi connectivity index (χ0n) is 9.45. The lowest BCUT2D eigenvalue weighted by molar-refractivity contribution is 0.101. The number of carbonyl (C=O) groups is 1. The van der Waals surface area contributed by atoms with Crippen LogP contribution >= 0.6 is 23.2 Å². The van der Waals surface area contributed by atoms with Crippen LogP contribution in [-0.4, -0.2) is 15.7 Å². The Labute approximate surface area is 113 Å². The number of nitrogen functional groups attached to an aromatic ring is 1. The number of aryl methyl sites for hydroxylation is 1. The quantitative estimate of drug-likeness (QED) is 0.890. The molecule has 2 aromatic rings. The van der Waals surface area contributed by atoms with E-state index in [0.717, 1.165) is 0 Å². The van der Waals surface area contributed by atoms with Crippen LogP contribution in [-0.2, 0) is 7.05 Å². The van der Waals surface area contributed by atoms with E-state index in [9.17, 15) is 4.79 Å². The minimum atomic E-state index is -0.378. The van der Waals surface area contributed by atoms with Crippen molar-refractivity contribution in [3.63, 3.8) is 0 Å². The van der Waals surface area contributed by atoms with E-state index >= 15 is 0 Å². The summed E-state index contributed by atoms with van der Waals surface area (Å²) < 4.78 is 1.40. The average molecular weight is 285 g/mol. The van der Waals surface area contributed by atoms with Crippen molar-refractivity contribution in [2.24, 2.45) is 7.05 Å². The molecule has 0 radical (unpaired) electrons. The molecule has 0 aliphatic heterocycles. The normalized spacial score (nSPS) is 10.4. The maximum Gasteiger partial charge on any atom is 0.276 e. The lowest BCUT2D eigenvalue weighted by Crippen LogP contribution is -2.17. The van der Waals surface area contributed by atoms with Gasteiger partial charge in [-0.1, -0.05) is 23.2 Å². The third-order valence-corrected chi connectivity index (χ3v) is 2.91. The molecule has 5 nitrogen and oxygen atoms in total. The van der Waals surface area contributed by atoms with Crippen LogP contribution in [0.3, 0.4) is 0 Å². The minimum Gasteiger partial charge on any atom is -0.396 e. The second-order valence-corrected chi connectivity index (χ2v) is 4.49. The van der Waals surface area contributed by atoms with Crippen LogP contribution < -0.4 is 11.1 Å². The van der Waals surface area contributed by atoms with Crippen LogP contribution in [0.2, 0.25) is 10.0 Å². The van der Waals surface area contributed by atoms with Crippen molar-refractivity contribution in [3.8, 4) is 0 Å². The molecular weight excluding hydrogens is 275 g/mol. The van der Waals surface area contributed by atoms with Gasteiger partial charge in [0.2, 0.25) is 0 Å². The van der Waals surface area contributed by atoms with Crippen molar-refractivity contribution < 1.29 is 4.79 Å². The largest absolute Gasteiger partial charge is 0.396 e. The summed E-state index contributed by atoms with van der Waals surface area (Å²) >= 11 is 11.7. The van der Waals surface area contributed by atoms with Crippen LogP contribution in [0.5, 0.6) is 0 Å². The fourth-order valence-corrected chi connectivity index (χ4v) is 1.96. The average Bonchev–Trinajstić information content (AvgIpc) is 2.62. The van der Waals surface area contributed by atoms with Crippen molar-refractivity contribution in [3.05, 3.63) is 40.1 Å². The number of nitrogens with zero attached hydrogens (tertiary/aromatic N) is 2. The van der Waals surface area contributed by atoms with Crippen LogP contribution in [0.15, 0.2) is 24.4 Å². The zero-order chi connectivity index (χ0) is 13.3. The summed E-state index contributed by atoms with van der Waals surface area (Å²) in [5.41, 5.74) is 6.71. The summed E-state index contributed by atoms with van der Waals surface area (Å²) in [5.74, 6) is -0.378. The molecule has 0 bridgehead atoms. The summed E-state index contributed by atoms with van der Waals surface area (Å²) in [6, 6.07) is 4.80. The number of hydrogen-bond donors (Lipinski definition) is 2. The van der Waals surface area contributed by atoms with Crippen LogP contribution in [0.25, 0.3) is 0 Å². The minimum absolute atomic E-state index is 0.279. The molecule has 0 aliphatic rings. The van der Waals surface area contributed by atoms with Crippen LogP contribution in [0.1, 0.15) is 10.5 Å². The van der Waals surface area contributed by atoms with Gasteiger partial charge in [0.25, 0.3) is 5.91 Å². The number of hydrogen-bond acceptors (Lipinski definition) is 3. The number of benzene rings is 1. The molecule has 0 saturated heterocycles.